The molecule has 1 aliphatic heterocycles. The van der Waals surface area contributed by atoms with Gasteiger partial charge in [0.15, 0.2) is 11.8 Å². The summed E-state index contributed by atoms with van der Waals surface area (Å²) >= 11 is 1.63. The second kappa shape index (κ2) is 2.33. The molecule has 0 aromatic carbocycles. The third kappa shape index (κ3) is 1.05. The summed E-state index contributed by atoms with van der Waals surface area (Å²) in [4.78, 5) is 1.12. The van der Waals surface area contributed by atoms with E-state index in [1.54, 1.807) is 17.6 Å². The van der Waals surface area contributed by atoms with Crippen molar-refractivity contribution in [2.75, 3.05) is 0 Å². The van der Waals surface area contributed by atoms with Gasteiger partial charge in [-0.3, -0.25) is 0 Å². The fraction of sp³-hybridized carbons (Fsp3) is 0.444. The molecule has 0 spiro atoms. The minimum atomic E-state index is -0.270. The summed E-state index contributed by atoms with van der Waals surface area (Å²) in [6.45, 7) is 3.94. The van der Waals surface area contributed by atoms with Gasteiger partial charge in [0.1, 0.15) is 0 Å². The van der Waals surface area contributed by atoms with Crippen LogP contribution in [0.4, 0.5) is 0 Å². The molecule has 0 unspecified atom stereocenters. The van der Waals surface area contributed by atoms with E-state index in [2.05, 4.69) is 6.07 Å². The van der Waals surface area contributed by atoms with E-state index >= 15 is 0 Å². The van der Waals surface area contributed by atoms with Crippen molar-refractivity contribution in [3.05, 3.63) is 27.1 Å². The lowest BCUT2D eigenvalue weighted by molar-refractivity contribution is -0.537. The lowest BCUT2D eigenvalue weighted by Gasteiger charge is -2.26. The fourth-order valence-corrected chi connectivity index (χ4v) is 2.26. The zero-order valence-corrected chi connectivity index (χ0v) is 8.02. The molecule has 3 heteroatoms. The largest absolute Gasteiger partial charge is 0.623 e. The molecule has 2 nitrogen and oxygen atoms in total. The van der Waals surface area contributed by atoms with Crippen molar-refractivity contribution < 1.29 is 4.74 Å². The lowest BCUT2D eigenvalue weighted by atomic mass is 9.93. The second-order valence-electron chi connectivity index (χ2n) is 3.75. The van der Waals surface area contributed by atoms with Crippen LogP contribution >= 0.6 is 11.3 Å². The summed E-state index contributed by atoms with van der Waals surface area (Å²) in [7, 11) is 0. The standard InChI is InChI=1S/C9H11NOS/c1-9(2)5-7-3-4-12-8(7)6-10(9)11/h3-4,6H,5H2,1-2H3. The van der Waals surface area contributed by atoms with E-state index < -0.39 is 0 Å². The maximum absolute atomic E-state index is 11.4. The van der Waals surface area contributed by atoms with Gasteiger partial charge in [0, 0.05) is 20.3 Å². The van der Waals surface area contributed by atoms with Crippen LogP contribution in [-0.2, 0) is 6.42 Å². The molecule has 64 valence electrons. The zero-order chi connectivity index (χ0) is 8.77. The number of rotatable bonds is 0. The van der Waals surface area contributed by atoms with Crippen LogP contribution in [0.1, 0.15) is 24.3 Å². The molecule has 0 fully saturated rings. The Balaban J connectivity index is 2.51. The minimum Gasteiger partial charge on any atom is -0.623 e. The Morgan fingerprint density at radius 3 is 3.08 bits per heavy atom. The van der Waals surface area contributed by atoms with E-state index in [1.165, 1.54) is 5.56 Å². The van der Waals surface area contributed by atoms with Crippen LogP contribution in [0.25, 0.3) is 0 Å². The number of hydrogen-bond donors (Lipinski definition) is 0. The first kappa shape index (κ1) is 7.80. The molecule has 12 heavy (non-hydrogen) atoms. The lowest BCUT2D eigenvalue weighted by Crippen LogP contribution is -2.38. The highest BCUT2D eigenvalue weighted by Crippen LogP contribution is 2.26. The van der Waals surface area contributed by atoms with Crippen molar-refractivity contribution in [3.8, 4) is 0 Å². The first-order chi connectivity index (χ1) is 5.59. The Bertz CT molecular complexity index is 338. The third-order valence-corrected chi connectivity index (χ3v) is 3.13. The second-order valence-corrected chi connectivity index (χ2v) is 4.70. The summed E-state index contributed by atoms with van der Waals surface area (Å²) in [6.07, 6.45) is 2.55. The van der Waals surface area contributed by atoms with E-state index in [1.807, 2.05) is 19.2 Å². The number of thiophene rings is 1. The summed E-state index contributed by atoms with van der Waals surface area (Å²) < 4.78 is 1.06. The van der Waals surface area contributed by atoms with Gasteiger partial charge in [0.25, 0.3) is 0 Å². The van der Waals surface area contributed by atoms with E-state index in [0.717, 1.165) is 16.0 Å². The van der Waals surface area contributed by atoms with E-state index in [9.17, 15) is 5.21 Å². The zero-order valence-electron chi connectivity index (χ0n) is 7.20. The molecular formula is C9H11NOS. The van der Waals surface area contributed by atoms with Gasteiger partial charge in [0.2, 0.25) is 0 Å². The molecule has 1 aliphatic rings. The maximum atomic E-state index is 11.4. The Morgan fingerprint density at radius 2 is 2.33 bits per heavy atom. The molecule has 2 heterocycles. The van der Waals surface area contributed by atoms with E-state index in [4.69, 9.17) is 0 Å². The first-order valence-corrected chi connectivity index (χ1v) is 4.85. The third-order valence-electron chi connectivity index (χ3n) is 2.23. The molecule has 0 amide bonds. The van der Waals surface area contributed by atoms with Crippen molar-refractivity contribution in [1.29, 1.82) is 0 Å². The van der Waals surface area contributed by atoms with Crippen molar-refractivity contribution in [3.63, 3.8) is 0 Å². The predicted octanol–water partition coefficient (Wildman–Crippen LogP) is 2.01. The van der Waals surface area contributed by atoms with Gasteiger partial charge in [-0.1, -0.05) is 0 Å². The van der Waals surface area contributed by atoms with Crippen molar-refractivity contribution in [2.45, 2.75) is 25.8 Å². The van der Waals surface area contributed by atoms with Crippen LogP contribution in [0.15, 0.2) is 11.4 Å². The normalized spacial score (nSPS) is 20.0. The highest BCUT2D eigenvalue weighted by Gasteiger charge is 2.32. The number of hydrogen-bond acceptors (Lipinski definition) is 2. The minimum absolute atomic E-state index is 0.270. The number of nitrogens with zero attached hydrogens (tertiary/aromatic N) is 1. The summed E-state index contributed by atoms with van der Waals surface area (Å²) in [5, 5.41) is 13.5. The molecule has 0 atom stereocenters. The highest BCUT2D eigenvalue weighted by atomic mass is 32.1. The Morgan fingerprint density at radius 1 is 1.58 bits per heavy atom. The molecule has 0 saturated heterocycles. The average molecular weight is 181 g/mol. The van der Waals surface area contributed by atoms with Crippen LogP contribution in [0.2, 0.25) is 0 Å². The van der Waals surface area contributed by atoms with Gasteiger partial charge in [-0.05, 0) is 17.0 Å². The average Bonchev–Trinajstić information content (AvgIpc) is 2.35. The monoisotopic (exact) mass is 181 g/mol. The Hall–Kier alpha value is -0.830. The molecule has 0 bridgehead atoms. The van der Waals surface area contributed by atoms with Crippen molar-refractivity contribution in [1.82, 2.24) is 0 Å². The van der Waals surface area contributed by atoms with Crippen LogP contribution in [0.3, 0.4) is 0 Å². The summed E-state index contributed by atoms with van der Waals surface area (Å²) in [5.74, 6) is 0. The molecule has 0 N–H and O–H groups in total. The molecule has 2 rings (SSSR count). The van der Waals surface area contributed by atoms with Crippen molar-refractivity contribution in [2.24, 2.45) is 0 Å². The molecule has 1 aromatic heterocycles. The van der Waals surface area contributed by atoms with E-state index in [0.29, 0.717) is 0 Å². The molecule has 1 aromatic rings. The van der Waals surface area contributed by atoms with Crippen LogP contribution in [-0.4, -0.2) is 16.5 Å². The van der Waals surface area contributed by atoms with Gasteiger partial charge in [-0.15, -0.1) is 11.3 Å². The van der Waals surface area contributed by atoms with Crippen LogP contribution in [0, 0.1) is 5.21 Å². The fourth-order valence-electron chi connectivity index (χ4n) is 1.43. The van der Waals surface area contributed by atoms with Crippen LogP contribution < -0.4 is 0 Å². The van der Waals surface area contributed by atoms with Gasteiger partial charge >= 0.3 is 0 Å². The Labute approximate surface area is 75.7 Å². The van der Waals surface area contributed by atoms with Crippen LogP contribution in [0.5, 0.6) is 0 Å². The van der Waals surface area contributed by atoms with Gasteiger partial charge < -0.3 is 5.21 Å². The Kier molecular flexibility index (Phi) is 1.51. The molecule has 0 radical (unpaired) electrons. The van der Waals surface area contributed by atoms with E-state index in [-0.39, 0.29) is 5.54 Å². The maximum Gasteiger partial charge on any atom is 0.192 e. The van der Waals surface area contributed by atoms with Gasteiger partial charge in [-0.2, -0.15) is 0 Å². The number of hydroxylamine groups is 1. The van der Waals surface area contributed by atoms with Gasteiger partial charge in [-0.25, -0.2) is 4.74 Å². The molecular weight excluding hydrogens is 170 g/mol. The summed E-state index contributed by atoms with van der Waals surface area (Å²) in [6, 6.07) is 2.10. The molecule has 0 aliphatic carbocycles. The number of fused-ring (bicyclic) bond motifs is 1. The van der Waals surface area contributed by atoms with Crippen molar-refractivity contribution >= 4 is 17.6 Å². The topological polar surface area (TPSA) is 26.1 Å². The highest BCUT2D eigenvalue weighted by molar-refractivity contribution is 7.11. The predicted molar refractivity (Wildman–Crippen MR) is 50.9 cm³/mol. The SMILES string of the molecule is CC1(C)Cc2ccsc2C=[N+]1[O-]. The summed E-state index contributed by atoms with van der Waals surface area (Å²) in [5.41, 5.74) is 1.03. The van der Waals surface area contributed by atoms with Gasteiger partial charge in [0.05, 0.1) is 4.88 Å². The molecule has 0 saturated carbocycles. The quantitative estimate of drug-likeness (QED) is 0.444. The first-order valence-electron chi connectivity index (χ1n) is 3.97. The smallest absolute Gasteiger partial charge is 0.192 e.